The van der Waals surface area contributed by atoms with Crippen molar-refractivity contribution >= 4 is 50.2 Å². The quantitative estimate of drug-likeness (QED) is 0.363. The molecule has 1 N–H and O–H groups in total. The number of anilines is 2. The normalized spacial score (nSPS) is 10.7. The van der Waals surface area contributed by atoms with Crippen LogP contribution in [0.4, 0.5) is 10.8 Å². The molecular weight excluding hydrogens is 430 g/mol. The lowest BCUT2D eigenvalue weighted by Crippen LogP contribution is -2.11. The second kappa shape index (κ2) is 9.28. The second-order valence-corrected chi connectivity index (χ2v) is 8.83. The number of carbonyl (C=O) groups excluding carboxylic acids is 1. The molecule has 0 spiro atoms. The van der Waals surface area contributed by atoms with Gasteiger partial charge in [-0.05, 0) is 48.3 Å². The van der Waals surface area contributed by atoms with E-state index < -0.39 is 0 Å². The summed E-state index contributed by atoms with van der Waals surface area (Å²) in [5.41, 5.74) is 2.42. The number of ether oxygens (including phenoxy) is 2. The number of aromatic nitrogens is 1. The first-order valence-corrected chi connectivity index (χ1v) is 11.1. The third-order valence-corrected chi connectivity index (χ3v) is 6.49. The molecule has 6 nitrogen and oxygen atoms in total. The predicted molar refractivity (Wildman–Crippen MR) is 128 cm³/mol. The molecule has 31 heavy (non-hydrogen) atoms. The number of nitrogens with zero attached hydrogens (tertiary/aromatic N) is 2. The van der Waals surface area contributed by atoms with Crippen molar-refractivity contribution in [1.82, 2.24) is 4.98 Å². The fourth-order valence-corrected chi connectivity index (χ4v) is 4.67. The Kier molecular flexibility index (Phi) is 6.29. The van der Waals surface area contributed by atoms with E-state index in [0.717, 1.165) is 20.8 Å². The maximum Gasteiger partial charge on any atom is 0.257 e. The molecule has 0 saturated carbocycles. The van der Waals surface area contributed by atoms with Gasteiger partial charge in [0.2, 0.25) is 0 Å². The minimum atomic E-state index is -0.203. The van der Waals surface area contributed by atoms with E-state index >= 15 is 0 Å². The zero-order valence-electron chi connectivity index (χ0n) is 17.3. The van der Waals surface area contributed by atoms with Crippen LogP contribution >= 0.6 is 23.3 Å². The molecule has 8 heteroatoms. The zero-order chi connectivity index (χ0) is 21.8. The second-order valence-electron chi connectivity index (χ2n) is 6.60. The third-order valence-electron chi connectivity index (χ3n) is 4.59. The Morgan fingerprint density at radius 2 is 1.68 bits per heavy atom. The minimum Gasteiger partial charge on any atom is -0.493 e. The molecule has 0 fully saturated rings. The van der Waals surface area contributed by atoms with Crippen LogP contribution in [0.2, 0.25) is 0 Å². The zero-order valence-corrected chi connectivity index (χ0v) is 18.9. The third kappa shape index (κ3) is 4.76. The molecule has 1 aromatic heterocycles. The summed E-state index contributed by atoms with van der Waals surface area (Å²) in [6.07, 6.45) is 0. The lowest BCUT2D eigenvalue weighted by Gasteiger charge is -2.17. The minimum absolute atomic E-state index is 0.203. The van der Waals surface area contributed by atoms with Crippen molar-refractivity contribution in [2.75, 3.05) is 30.9 Å². The highest BCUT2D eigenvalue weighted by atomic mass is 32.2. The number of fused-ring (bicyclic) bond motifs is 1. The molecule has 0 bridgehead atoms. The maximum absolute atomic E-state index is 12.7. The van der Waals surface area contributed by atoms with Gasteiger partial charge < -0.3 is 13.8 Å². The molecule has 0 aliphatic heterocycles. The Balaban J connectivity index is 1.45. The van der Waals surface area contributed by atoms with Gasteiger partial charge in [0.25, 0.3) is 5.91 Å². The summed E-state index contributed by atoms with van der Waals surface area (Å²) in [5, 5.41) is 3.40. The van der Waals surface area contributed by atoms with Gasteiger partial charge in [-0.15, -0.1) is 0 Å². The SMILES string of the molecule is COc1cc2nc(NC(=O)c3ccc(SN(C)c4ccccc4)cc3)sc2cc1OC. The summed E-state index contributed by atoms with van der Waals surface area (Å²) in [6.45, 7) is 0. The van der Waals surface area contributed by atoms with E-state index in [-0.39, 0.29) is 5.91 Å². The van der Waals surface area contributed by atoms with E-state index in [2.05, 4.69) is 26.7 Å². The van der Waals surface area contributed by atoms with E-state index in [9.17, 15) is 4.79 Å². The van der Waals surface area contributed by atoms with Crippen molar-refractivity contribution in [3.8, 4) is 11.5 Å². The molecule has 1 amide bonds. The molecule has 0 aliphatic rings. The van der Waals surface area contributed by atoms with Gasteiger partial charge in [0.05, 0.1) is 24.4 Å². The topological polar surface area (TPSA) is 63.7 Å². The van der Waals surface area contributed by atoms with Crippen LogP contribution in [0.1, 0.15) is 10.4 Å². The molecule has 0 unspecified atom stereocenters. The molecule has 0 aliphatic carbocycles. The highest BCUT2D eigenvalue weighted by Crippen LogP contribution is 2.36. The molecule has 158 valence electrons. The number of hydrogen-bond donors (Lipinski definition) is 1. The van der Waals surface area contributed by atoms with Crippen LogP contribution < -0.4 is 19.1 Å². The number of nitrogens with one attached hydrogen (secondary N) is 1. The highest BCUT2D eigenvalue weighted by Gasteiger charge is 2.13. The van der Waals surface area contributed by atoms with Gasteiger partial charge in [-0.1, -0.05) is 29.5 Å². The van der Waals surface area contributed by atoms with Gasteiger partial charge >= 0.3 is 0 Å². The molecule has 3 aromatic carbocycles. The van der Waals surface area contributed by atoms with Crippen molar-refractivity contribution in [2.24, 2.45) is 0 Å². The number of para-hydroxylation sites is 1. The lowest BCUT2D eigenvalue weighted by molar-refractivity contribution is 0.102. The maximum atomic E-state index is 12.7. The molecule has 0 saturated heterocycles. The number of amides is 1. The first kappa shape index (κ1) is 21.0. The molecule has 4 rings (SSSR count). The van der Waals surface area contributed by atoms with Crippen LogP contribution in [-0.4, -0.2) is 32.2 Å². The van der Waals surface area contributed by atoms with Crippen LogP contribution in [0.5, 0.6) is 11.5 Å². The number of methoxy groups -OCH3 is 2. The van der Waals surface area contributed by atoms with Gasteiger partial charge in [-0.3, -0.25) is 10.1 Å². The van der Waals surface area contributed by atoms with Crippen molar-refractivity contribution in [1.29, 1.82) is 0 Å². The molecular formula is C23H21N3O3S2. The Bertz CT molecular complexity index is 1150. The molecule has 1 heterocycles. The molecule has 0 atom stereocenters. The van der Waals surface area contributed by atoms with E-state index in [1.54, 1.807) is 32.2 Å². The van der Waals surface area contributed by atoms with E-state index in [1.165, 1.54) is 11.3 Å². The van der Waals surface area contributed by atoms with Gasteiger partial charge in [0, 0.05) is 35.3 Å². The van der Waals surface area contributed by atoms with Gasteiger partial charge in [0.15, 0.2) is 16.6 Å². The van der Waals surface area contributed by atoms with Crippen LogP contribution in [0.3, 0.4) is 0 Å². The average Bonchev–Trinajstić information content (AvgIpc) is 3.20. The number of thiazole rings is 1. The smallest absolute Gasteiger partial charge is 0.257 e. The summed E-state index contributed by atoms with van der Waals surface area (Å²) in [7, 11) is 5.18. The largest absolute Gasteiger partial charge is 0.493 e. The van der Waals surface area contributed by atoms with Gasteiger partial charge in [-0.25, -0.2) is 4.98 Å². The monoisotopic (exact) mass is 451 g/mol. The standard InChI is InChI=1S/C23H21N3O3S2/c1-26(16-7-5-4-6-8-16)31-17-11-9-15(10-12-17)22(27)25-23-24-18-13-19(28-2)20(29-3)14-21(18)30-23/h4-14H,1-3H3,(H,24,25,27). The van der Waals surface area contributed by atoms with Crippen molar-refractivity contribution < 1.29 is 14.3 Å². The van der Waals surface area contributed by atoms with Gasteiger partial charge in [0.1, 0.15) is 0 Å². The summed E-state index contributed by atoms with van der Waals surface area (Å²) in [5.74, 6) is 1.03. The van der Waals surface area contributed by atoms with Crippen molar-refractivity contribution in [3.63, 3.8) is 0 Å². The lowest BCUT2D eigenvalue weighted by atomic mass is 10.2. The van der Waals surface area contributed by atoms with E-state index in [4.69, 9.17) is 9.47 Å². The number of rotatable bonds is 7. The van der Waals surface area contributed by atoms with Crippen LogP contribution in [0.15, 0.2) is 71.6 Å². The number of hydrogen-bond acceptors (Lipinski definition) is 7. The predicted octanol–water partition coefficient (Wildman–Crippen LogP) is 5.71. The number of carbonyl (C=O) groups is 1. The fraction of sp³-hybridized carbons (Fsp3) is 0.130. The summed E-state index contributed by atoms with van der Waals surface area (Å²) < 4.78 is 13.6. The fourth-order valence-electron chi connectivity index (χ4n) is 2.99. The van der Waals surface area contributed by atoms with Crippen molar-refractivity contribution in [2.45, 2.75) is 4.90 Å². The van der Waals surface area contributed by atoms with Crippen LogP contribution in [0.25, 0.3) is 10.2 Å². The van der Waals surface area contributed by atoms with E-state index in [0.29, 0.717) is 22.2 Å². The van der Waals surface area contributed by atoms with Crippen molar-refractivity contribution in [3.05, 3.63) is 72.3 Å². The Labute approximate surface area is 189 Å². The molecule has 4 aromatic rings. The highest BCUT2D eigenvalue weighted by molar-refractivity contribution is 8.00. The average molecular weight is 452 g/mol. The summed E-state index contributed by atoms with van der Waals surface area (Å²) in [4.78, 5) is 18.2. The molecule has 0 radical (unpaired) electrons. The van der Waals surface area contributed by atoms with E-state index in [1.807, 2.05) is 55.6 Å². The summed E-state index contributed by atoms with van der Waals surface area (Å²) in [6, 6.07) is 21.3. The summed E-state index contributed by atoms with van der Waals surface area (Å²) >= 11 is 2.99. The van der Waals surface area contributed by atoms with Gasteiger partial charge in [-0.2, -0.15) is 0 Å². The van der Waals surface area contributed by atoms with Crippen LogP contribution in [-0.2, 0) is 0 Å². The Morgan fingerprint density at radius 3 is 2.35 bits per heavy atom. The van der Waals surface area contributed by atoms with Crippen LogP contribution in [0, 0.1) is 0 Å². The first-order valence-electron chi connectivity index (χ1n) is 9.48. The number of benzene rings is 3. The Morgan fingerprint density at radius 1 is 1.00 bits per heavy atom. The first-order chi connectivity index (χ1) is 15.1. The Hall–Kier alpha value is -3.23.